The Balaban J connectivity index is 1.84. The molecule has 0 spiro atoms. The standard InChI is InChI=1S/C23H24BrNO4S/c1-5-15(3)25-22(26)21(30-23(25)27)11-17-10-19(28-4)20(12-18(17)24)29-13-16-8-6-7-14(2)9-16/h6-12,15H,5,13H2,1-4H3/b21-11+/t15-/m0/s1. The van der Waals surface area contributed by atoms with Crippen molar-refractivity contribution in [2.45, 2.75) is 39.8 Å². The summed E-state index contributed by atoms with van der Waals surface area (Å²) < 4.78 is 12.2. The van der Waals surface area contributed by atoms with Gasteiger partial charge in [0.1, 0.15) is 6.61 Å². The van der Waals surface area contributed by atoms with E-state index in [1.165, 1.54) is 10.5 Å². The maximum Gasteiger partial charge on any atom is 0.293 e. The normalized spacial score (nSPS) is 16.3. The van der Waals surface area contributed by atoms with Gasteiger partial charge in [0.05, 0.1) is 12.0 Å². The van der Waals surface area contributed by atoms with Gasteiger partial charge in [0.2, 0.25) is 0 Å². The van der Waals surface area contributed by atoms with Crippen molar-refractivity contribution >= 4 is 44.9 Å². The van der Waals surface area contributed by atoms with Crippen molar-refractivity contribution in [2.24, 2.45) is 0 Å². The number of rotatable bonds is 7. The van der Waals surface area contributed by atoms with Crippen LogP contribution in [0.15, 0.2) is 45.8 Å². The zero-order valence-electron chi connectivity index (χ0n) is 17.4. The van der Waals surface area contributed by atoms with Gasteiger partial charge < -0.3 is 9.47 Å². The number of nitrogens with zero attached hydrogens (tertiary/aromatic N) is 1. The van der Waals surface area contributed by atoms with Crippen molar-refractivity contribution in [3.05, 3.63) is 62.5 Å². The van der Waals surface area contributed by atoms with Crippen LogP contribution < -0.4 is 9.47 Å². The minimum Gasteiger partial charge on any atom is -0.493 e. The average Bonchev–Trinajstić information content (AvgIpc) is 3.00. The van der Waals surface area contributed by atoms with E-state index in [0.717, 1.165) is 33.8 Å². The van der Waals surface area contributed by atoms with Crippen molar-refractivity contribution in [1.29, 1.82) is 0 Å². The molecule has 1 fully saturated rings. The Morgan fingerprint density at radius 3 is 2.63 bits per heavy atom. The van der Waals surface area contributed by atoms with E-state index in [9.17, 15) is 9.59 Å². The van der Waals surface area contributed by atoms with Gasteiger partial charge in [-0.1, -0.05) is 52.7 Å². The quantitative estimate of drug-likeness (QED) is 0.434. The van der Waals surface area contributed by atoms with Gasteiger partial charge in [-0.15, -0.1) is 0 Å². The van der Waals surface area contributed by atoms with Crippen LogP contribution in [0.2, 0.25) is 0 Å². The summed E-state index contributed by atoms with van der Waals surface area (Å²) in [5.41, 5.74) is 2.98. The molecule has 2 aromatic rings. The highest BCUT2D eigenvalue weighted by molar-refractivity contribution is 9.10. The zero-order chi connectivity index (χ0) is 21.8. The van der Waals surface area contributed by atoms with Gasteiger partial charge in [-0.3, -0.25) is 14.5 Å². The number of imide groups is 1. The van der Waals surface area contributed by atoms with Gasteiger partial charge in [-0.05, 0) is 61.4 Å². The molecule has 3 rings (SSSR count). The van der Waals surface area contributed by atoms with E-state index in [2.05, 4.69) is 22.0 Å². The molecule has 1 heterocycles. The highest BCUT2D eigenvalue weighted by atomic mass is 79.9. The largest absolute Gasteiger partial charge is 0.493 e. The number of hydrogen-bond acceptors (Lipinski definition) is 5. The predicted molar refractivity (Wildman–Crippen MR) is 124 cm³/mol. The van der Waals surface area contributed by atoms with Gasteiger partial charge in [0.15, 0.2) is 11.5 Å². The number of carbonyl (C=O) groups excluding carboxylic acids is 2. The number of benzene rings is 2. The van der Waals surface area contributed by atoms with Gasteiger partial charge in [-0.25, -0.2) is 0 Å². The van der Waals surface area contributed by atoms with Crippen LogP contribution in [0.25, 0.3) is 6.08 Å². The SMILES string of the molecule is CC[C@H](C)N1C(=O)S/C(=C/c2cc(OC)c(OCc3cccc(C)c3)cc2Br)C1=O. The molecule has 0 bridgehead atoms. The second-order valence-electron chi connectivity index (χ2n) is 7.11. The summed E-state index contributed by atoms with van der Waals surface area (Å²) in [7, 11) is 1.57. The molecule has 1 atom stereocenters. The summed E-state index contributed by atoms with van der Waals surface area (Å²) in [5.74, 6) is 0.888. The summed E-state index contributed by atoms with van der Waals surface area (Å²) in [4.78, 5) is 26.7. The third kappa shape index (κ3) is 4.90. The Hall–Kier alpha value is -2.25. The Labute approximate surface area is 189 Å². The van der Waals surface area contributed by atoms with Crippen molar-refractivity contribution in [3.8, 4) is 11.5 Å². The van der Waals surface area contributed by atoms with Crippen LogP contribution in [0.4, 0.5) is 4.79 Å². The first-order chi connectivity index (χ1) is 14.3. The van der Waals surface area contributed by atoms with Crippen LogP contribution >= 0.6 is 27.7 Å². The Morgan fingerprint density at radius 1 is 1.20 bits per heavy atom. The second kappa shape index (κ2) is 9.71. The van der Waals surface area contributed by atoms with Crippen molar-refractivity contribution < 1.29 is 19.1 Å². The molecule has 0 aliphatic carbocycles. The molecule has 0 N–H and O–H groups in total. The zero-order valence-corrected chi connectivity index (χ0v) is 19.8. The molecule has 1 aliphatic heterocycles. The van der Waals surface area contributed by atoms with Crippen molar-refractivity contribution in [2.75, 3.05) is 7.11 Å². The molecular weight excluding hydrogens is 466 g/mol. The van der Waals surface area contributed by atoms with Gasteiger partial charge in [0.25, 0.3) is 11.1 Å². The third-order valence-corrected chi connectivity index (χ3v) is 6.47. The summed E-state index contributed by atoms with van der Waals surface area (Å²) in [6, 6.07) is 11.6. The molecule has 7 heteroatoms. The summed E-state index contributed by atoms with van der Waals surface area (Å²) >= 11 is 4.51. The third-order valence-electron chi connectivity index (χ3n) is 4.90. The molecule has 5 nitrogen and oxygen atoms in total. The molecule has 2 amide bonds. The topological polar surface area (TPSA) is 55.8 Å². The van der Waals surface area contributed by atoms with E-state index in [1.807, 2.05) is 45.0 Å². The van der Waals surface area contributed by atoms with E-state index in [4.69, 9.17) is 9.47 Å². The van der Waals surface area contributed by atoms with E-state index in [0.29, 0.717) is 23.0 Å². The number of methoxy groups -OCH3 is 1. The maximum absolute atomic E-state index is 12.7. The molecule has 2 aromatic carbocycles. The first kappa shape index (κ1) is 22.4. The lowest BCUT2D eigenvalue weighted by Crippen LogP contribution is -2.36. The number of halogens is 1. The number of thioether (sulfide) groups is 1. The van der Waals surface area contributed by atoms with E-state index in [1.54, 1.807) is 19.3 Å². The minimum absolute atomic E-state index is 0.126. The van der Waals surface area contributed by atoms with Crippen LogP contribution in [-0.4, -0.2) is 29.2 Å². The number of carbonyl (C=O) groups is 2. The minimum atomic E-state index is -0.259. The van der Waals surface area contributed by atoms with E-state index < -0.39 is 0 Å². The Morgan fingerprint density at radius 2 is 1.97 bits per heavy atom. The fourth-order valence-corrected chi connectivity index (χ4v) is 4.44. The Kier molecular flexibility index (Phi) is 7.26. The molecule has 30 heavy (non-hydrogen) atoms. The molecule has 0 radical (unpaired) electrons. The highest BCUT2D eigenvalue weighted by Crippen LogP contribution is 2.39. The molecule has 0 saturated carbocycles. The molecule has 158 valence electrons. The molecular formula is C23H24BrNO4S. The Bertz CT molecular complexity index is 1000. The monoisotopic (exact) mass is 489 g/mol. The first-order valence-electron chi connectivity index (χ1n) is 9.67. The summed E-state index contributed by atoms with van der Waals surface area (Å²) in [6.07, 6.45) is 2.43. The lowest BCUT2D eigenvalue weighted by molar-refractivity contribution is -0.124. The van der Waals surface area contributed by atoms with Crippen LogP contribution in [0.1, 0.15) is 37.0 Å². The smallest absolute Gasteiger partial charge is 0.293 e. The van der Waals surface area contributed by atoms with Crippen LogP contribution in [0.5, 0.6) is 11.5 Å². The van der Waals surface area contributed by atoms with Crippen LogP contribution in [0.3, 0.4) is 0 Å². The summed E-state index contributed by atoms with van der Waals surface area (Å²) in [5, 5.41) is -0.234. The second-order valence-corrected chi connectivity index (χ2v) is 8.96. The van der Waals surface area contributed by atoms with E-state index in [-0.39, 0.29) is 17.2 Å². The van der Waals surface area contributed by atoms with Gasteiger partial charge in [-0.2, -0.15) is 0 Å². The van der Waals surface area contributed by atoms with Crippen LogP contribution in [-0.2, 0) is 11.4 Å². The maximum atomic E-state index is 12.7. The number of hydrogen-bond donors (Lipinski definition) is 0. The fourth-order valence-electron chi connectivity index (χ4n) is 3.08. The number of amides is 2. The van der Waals surface area contributed by atoms with Crippen LogP contribution in [0, 0.1) is 6.92 Å². The van der Waals surface area contributed by atoms with Crippen molar-refractivity contribution in [3.63, 3.8) is 0 Å². The molecule has 1 aliphatic rings. The van der Waals surface area contributed by atoms with Gasteiger partial charge in [0, 0.05) is 10.5 Å². The lowest BCUT2D eigenvalue weighted by atomic mass is 10.1. The number of ether oxygens (including phenoxy) is 2. The van der Waals surface area contributed by atoms with Crippen molar-refractivity contribution in [1.82, 2.24) is 4.90 Å². The molecule has 0 unspecified atom stereocenters. The van der Waals surface area contributed by atoms with E-state index >= 15 is 0 Å². The number of aryl methyl sites for hydroxylation is 1. The molecule has 0 aromatic heterocycles. The lowest BCUT2D eigenvalue weighted by Gasteiger charge is -2.19. The molecule has 1 saturated heterocycles. The highest BCUT2D eigenvalue weighted by Gasteiger charge is 2.37. The first-order valence-corrected chi connectivity index (χ1v) is 11.3. The summed E-state index contributed by atoms with van der Waals surface area (Å²) in [6.45, 7) is 6.28. The fraction of sp³-hybridized carbons (Fsp3) is 0.304. The van der Waals surface area contributed by atoms with Gasteiger partial charge >= 0.3 is 0 Å². The average molecular weight is 490 g/mol. The predicted octanol–water partition coefficient (Wildman–Crippen LogP) is 6.18.